The maximum atomic E-state index is 13.4. The maximum absolute atomic E-state index is 13.4. The second kappa shape index (κ2) is 5.16. The lowest BCUT2D eigenvalue weighted by Crippen LogP contribution is -2.45. The van der Waals surface area contributed by atoms with Crippen molar-refractivity contribution in [3.8, 4) is 0 Å². The third-order valence-corrected chi connectivity index (χ3v) is 3.22. The summed E-state index contributed by atoms with van der Waals surface area (Å²) >= 11 is 4.82. The van der Waals surface area contributed by atoms with Gasteiger partial charge in [0.05, 0.1) is 16.6 Å². The monoisotopic (exact) mass is 288 g/mol. The van der Waals surface area contributed by atoms with E-state index in [1.165, 1.54) is 0 Å². The Balaban J connectivity index is 2.20. The van der Waals surface area contributed by atoms with Gasteiger partial charge in [-0.25, -0.2) is 13.2 Å². The van der Waals surface area contributed by atoms with E-state index in [1.54, 1.807) is 0 Å². The molecule has 3 nitrogen and oxygen atoms in total. The molecule has 1 fully saturated rings. The molecule has 0 saturated heterocycles. The number of carbonyl (C=O) groups is 1. The van der Waals surface area contributed by atoms with Gasteiger partial charge in [-0.15, -0.1) is 0 Å². The summed E-state index contributed by atoms with van der Waals surface area (Å²) in [4.78, 5) is 11.9. The van der Waals surface area contributed by atoms with Gasteiger partial charge in [-0.1, -0.05) is 12.2 Å². The van der Waals surface area contributed by atoms with E-state index in [1.807, 2.05) is 0 Å². The zero-order chi connectivity index (χ0) is 14.2. The quantitative estimate of drug-likeness (QED) is 0.657. The molecular formula is C12H11F3N2OS. The van der Waals surface area contributed by atoms with Crippen LogP contribution in [0.4, 0.5) is 13.2 Å². The van der Waals surface area contributed by atoms with Crippen molar-refractivity contribution in [1.29, 1.82) is 0 Å². The molecule has 19 heavy (non-hydrogen) atoms. The first-order chi connectivity index (χ1) is 8.91. The number of carbonyl (C=O) groups excluding carboxylic acids is 1. The standard InChI is InChI=1S/C12H11F3N2OS/c13-7-4-3-6(8(14)9(7)15)12(18)17-10(11(16)19)5-1-2-5/h3-5,10H,1-2H2,(H2,16,19)(H,17,18). The van der Waals surface area contributed by atoms with Crippen LogP contribution in [-0.4, -0.2) is 16.9 Å². The lowest BCUT2D eigenvalue weighted by Gasteiger charge is -2.17. The van der Waals surface area contributed by atoms with Crippen molar-refractivity contribution in [2.45, 2.75) is 18.9 Å². The summed E-state index contributed by atoms with van der Waals surface area (Å²) < 4.78 is 39.2. The first-order valence-electron chi connectivity index (χ1n) is 5.65. The summed E-state index contributed by atoms with van der Waals surface area (Å²) in [5, 5.41) is 2.45. The first kappa shape index (κ1) is 13.8. The smallest absolute Gasteiger partial charge is 0.254 e. The lowest BCUT2D eigenvalue weighted by molar-refractivity contribution is 0.0938. The number of nitrogens with two attached hydrogens (primary N) is 1. The number of benzene rings is 1. The predicted octanol–water partition coefficient (Wildman–Crippen LogP) is 1.90. The number of nitrogens with one attached hydrogen (secondary N) is 1. The second-order valence-electron chi connectivity index (χ2n) is 4.41. The van der Waals surface area contributed by atoms with E-state index in [0.29, 0.717) is 6.07 Å². The molecule has 0 aromatic heterocycles. The van der Waals surface area contributed by atoms with E-state index >= 15 is 0 Å². The number of hydrogen-bond acceptors (Lipinski definition) is 2. The van der Waals surface area contributed by atoms with Crippen LogP contribution < -0.4 is 11.1 Å². The predicted molar refractivity (Wildman–Crippen MR) is 67.1 cm³/mol. The van der Waals surface area contributed by atoms with Crippen molar-refractivity contribution in [2.75, 3.05) is 0 Å². The van der Waals surface area contributed by atoms with Crippen LogP contribution in [0.25, 0.3) is 0 Å². The molecule has 2 rings (SSSR count). The normalized spacial score (nSPS) is 15.9. The average molecular weight is 288 g/mol. The van der Waals surface area contributed by atoms with E-state index < -0.39 is 35.0 Å². The summed E-state index contributed by atoms with van der Waals surface area (Å²) in [5.41, 5.74) is 4.92. The molecule has 0 radical (unpaired) electrons. The Morgan fingerprint density at radius 3 is 2.47 bits per heavy atom. The van der Waals surface area contributed by atoms with Gasteiger partial charge in [0.15, 0.2) is 17.5 Å². The molecule has 1 amide bonds. The van der Waals surface area contributed by atoms with Crippen LogP contribution in [-0.2, 0) is 0 Å². The summed E-state index contributed by atoms with van der Waals surface area (Å²) in [6, 6.07) is 1.03. The Bertz CT molecular complexity index is 546. The average Bonchev–Trinajstić information content (AvgIpc) is 3.16. The molecule has 0 aliphatic heterocycles. The molecule has 1 unspecified atom stereocenters. The zero-order valence-electron chi connectivity index (χ0n) is 9.75. The van der Waals surface area contributed by atoms with Crippen molar-refractivity contribution >= 4 is 23.1 Å². The van der Waals surface area contributed by atoms with Crippen molar-refractivity contribution in [2.24, 2.45) is 11.7 Å². The van der Waals surface area contributed by atoms with E-state index in [4.69, 9.17) is 18.0 Å². The molecule has 102 valence electrons. The van der Waals surface area contributed by atoms with Gasteiger partial charge < -0.3 is 11.1 Å². The van der Waals surface area contributed by atoms with Crippen molar-refractivity contribution in [3.63, 3.8) is 0 Å². The molecule has 1 aliphatic carbocycles. The molecule has 1 atom stereocenters. The van der Waals surface area contributed by atoms with Gasteiger partial charge in [0.1, 0.15) is 0 Å². The topological polar surface area (TPSA) is 55.1 Å². The molecule has 7 heteroatoms. The Kier molecular flexibility index (Phi) is 3.75. The fourth-order valence-electron chi connectivity index (χ4n) is 1.77. The van der Waals surface area contributed by atoms with Crippen LogP contribution in [0.5, 0.6) is 0 Å². The van der Waals surface area contributed by atoms with E-state index in [-0.39, 0.29) is 10.9 Å². The molecule has 0 spiro atoms. The fourth-order valence-corrected chi connectivity index (χ4v) is 2.02. The molecule has 1 aromatic carbocycles. The van der Waals surface area contributed by atoms with E-state index in [0.717, 1.165) is 18.9 Å². The van der Waals surface area contributed by atoms with E-state index in [2.05, 4.69) is 5.32 Å². The largest absolute Gasteiger partial charge is 0.392 e. The molecule has 1 aliphatic rings. The van der Waals surface area contributed by atoms with Crippen molar-refractivity contribution < 1.29 is 18.0 Å². The minimum atomic E-state index is -1.68. The summed E-state index contributed by atoms with van der Waals surface area (Å²) in [6.07, 6.45) is 1.73. The summed E-state index contributed by atoms with van der Waals surface area (Å²) in [5.74, 6) is -5.26. The number of thiocarbonyl (C=S) groups is 1. The minimum absolute atomic E-state index is 0.0961. The number of amides is 1. The molecule has 1 saturated carbocycles. The molecule has 0 bridgehead atoms. The molecule has 0 heterocycles. The van der Waals surface area contributed by atoms with Gasteiger partial charge in [0.25, 0.3) is 5.91 Å². The number of rotatable bonds is 4. The Morgan fingerprint density at radius 2 is 1.95 bits per heavy atom. The second-order valence-corrected chi connectivity index (χ2v) is 4.89. The highest BCUT2D eigenvalue weighted by Gasteiger charge is 2.34. The third-order valence-electron chi connectivity index (χ3n) is 2.97. The van der Waals surface area contributed by atoms with Crippen LogP contribution in [0.1, 0.15) is 23.2 Å². The Hall–Kier alpha value is -1.63. The van der Waals surface area contributed by atoms with Gasteiger partial charge in [0, 0.05) is 0 Å². The number of hydrogen-bond donors (Lipinski definition) is 2. The van der Waals surface area contributed by atoms with E-state index in [9.17, 15) is 18.0 Å². The number of halogens is 3. The highest BCUT2D eigenvalue weighted by Crippen LogP contribution is 2.33. The zero-order valence-corrected chi connectivity index (χ0v) is 10.6. The van der Waals surface area contributed by atoms with Gasteiger partial charge in [-0.3, -0.25) is 4.79 Å². The van der Waals surface area contributed by atoms with Crippen LogP contribution in [0.3, 0.4) is 0 Å². The van der Waals surface area contributed by atoms with Crippen LogP contribution >= 0.6 is 12.2 Å². The lowest BCUT2D eigenvalue weighted by atomic mass is 10.1. The molecular weight excluding hydrogens is 277 g/mol. The highest BCUT2D eigenvalue weighted by atomic mass is 32.1. The van der Waals surface area contributed by atoms with Crippen molar-refractivity contribution in [1.82, 2.24) is 5.32 Å². The highest BCUT2D eigenvalue weighted by molar-refractivity contribution is 7.80. The molecule has 3 N–H and O–H groups in total. The summed E-state index contributed by atoms with van der Waals surface area (Å²) in [6.45, 7) is 0. The minimum Gasteiger partial charge on any atom is -0.392 e. The third kappa shape index (κ3) is 2.86. The van der Waals surface area contributed by atoms with Crippen LogP contribution in [0.15, 0.2) is 12.1 Å². The van der Waals surface area contributed by atoms with Crippen molar-refractivity contribution in [3.05, 3.63) is 35.1 Å². The van der Waals surface area contributed by atoms with Gasteiger partial charge in [-0.05, 0) is 30.9 Å². The summed E-state index contributed by atoms with van der Waals surface area (Å²) in [7, 11) is 0. The first-order valence-corrected chi connectivity index (χ1v) is 6.06. The molecule has 1 aromatic rings. The van der Waals surface area contributed by atoms with Gasteiger partial charge >= 0.3 is 0 Å². The Morgan fingerprint density at radius 1 is 1.32 bits per heavy atom. The van der Waals surface area contributed by atoms with Crippen LogP contribution in [0, 0.1) is 23.4 Å². The van der Waals surface area contributed by atoms with Gasteiger partial charge in [-0.2, -0.15) is 0 Å². The van der Waals surface area contributed by atoms with Gasteiger partial charge in [0.2, 0.25) is 0 Å². The maximum Gasteiger partial charge on any atom is 0.254 e. The van der Waals surface area contributed by atoms with Crippen LogP contribution in [0.2, 0.25) is 0 Å². The fraction of sp³-hybridized carbons (Fsp3) is 0.333. The Labute approximate surface area is 113 Å². The SMILES string of the molecule is NC(=S)C(NC(=O)c1ccc(F)c(F)c1F)C1CC1.